The Balaban J connectivity index is 2.30. The summed E-state index contributed by atoms with van der Waals surface area (Å²) in [6, 6.07) is 7.60. The summed E-state index contributed by atoms with van der Waals surface area (Å²) < 4.78 is 0. The molecule has 0 aliphatic carbocycles. The minimum Gasteiger partial charge on any atom is -0.338 e. The van der Waals surface area contributed by atoms with Crippen LogP contribution in [0.4, 0.5) is 0 Å². The molecule has 0 aliphatic heterocycles. The summed E-state index contributed by atoms with van der Waals surface area (Å²) in [7, 11) is 0. The van der Waals surface area contributed by atoms with Crippen molar-refractivity contribution >= 4 is 28.8 Å². The van der Waals surface area contributed by atoms with Gasteiger partial charge in [-0.2, -0.15) is 0 Å². The van der Waals surface area contributed by atoms with Crippen molar-refractivity contribution in [2.45, 2.75) is 33.6 Å². The number of nitrogens with zero attached hydrogens (tertiary/aromatic N) is 2. The van der Waals surface area contributed by atoms with E-state index in [0.29, 0.717) is 9.90 Å². The smallest absolute Gasteiger partial charge is 0.265 e. The van der Waals surface area contributed by atoms with E-state index in [-0.39, 0.29) is 5.91 Å². The van der Waals surface area contributed by atoms with E-state index < -0.39 is 0 Å². The molecule has 0 bridgehead atoms. The maximum atomic E-state index is 12.7. The van der Waals surface area contributed by atoms with Crippen molar-refractivity contribution in [3.05, 3.63) is 39.9 Å². The zero-order chi connectivity index (χ0) is 16.1. The first-order chi connectivity index (χ1) is 10.6. The molecule has 0 aliphatic rings. The van der Waals surface area contributed by atoms with E-state index in [1.165, 1.54) is 11.3 Å². The van der Waals surface area contributed by atoms with Gasteiger partial charge >= 0.3 is 0 Å². The van der Waals surface area contributed by atoms with Gasteiger partial charge in [-0.25, -0.2) is 4.98 Å². The second kappa shape index (κ2) is 7.75. The highest BCUT2D eigenvalue weighted by molar-refractivity contribution is 7.17. The fourth-order valence-electron chi connectivity index (χ4n) is 2.24. The number of thiazole rings is 1. The molecule has 0 N–H and O–H groups in total. The van der Waals surface area contributed by atoms with E-state index in [0.717, 1.165) is 42.2 Å². The Hall–Kier alpha value is -1.39. The second-order valence-corrected chi connectivity index (χ2v) is 6.56. The highest BCUT2D eigenvalue weighted by atomic mass is 35.5. The van der Waals surface area contributed by atoms with Gasteiger partial charge < -0.3 is 4.90 Å². The number of carbonyl (C=O) groups is 1. The summed E-state index contributed by atoms with van der Waals surface area (Å²) in [4.78, 5) is 19.8. The Morgan fingerprint density at radius 3 is 2.68 bits per heavy atom. The van der Waals surface area contributed by atoms with Crippen molar-refractivity contribution in [1.82, 2.24) is 9.88 Å². The van der Waals surface area contributed by atoms with Crippen LogP contribution in [0.2, 0.25) is 5.02 Å². The van der Waals surface area contributed by atoms with Gasteiger partial charge in [0.2, 0.25) is 0 Å². The molecule has 22 heavy (non-hydrogen) atoms. The molecule has 1 heterocycles. The molecule has 0 fully saturated rings. The lowest BCUT2D eigenvalue weighted by atomic mass is 10.2. The standard InChI is InChI=1S/C17H21ClN2OS/c1-4-6-11-20(5-2)17(21)15-12(3)19-16(22-15)13-9-7-8-10-14(13)18/h7-10H,4-6,11H2,1-3H3. The molecule has 0 saturated heterocycles. The third kappa shape index (κ3) is 3.68. The maximum absolute atomic E-state index is 12.7. The van der Waals surface area contributed by atoms with Crippen molar-refractivity contribution < 1.29 is 4.79 Å². The normalized spacial score (nSPS) is 10.7. The first kappa shape index (κ1) is 17.0. The van der Waals surface area contributed by atoms with Crippen LogP contribution in [-0.4, -0.2) is 28.9 Å². The first-order valence-electron chi connectivity index (χ1n) is 7.60. The molecule has 2 aromatic rings. The number of benzene rings is 1. The lowest BCUT2D eigenvalue weighted by Crippen LogP contribution is -2.31. The summed E-state index contributed by atoms with van der Waals surface area (Å²) in [5, 5.41) is 1.46. The Bertz CT molecular complexity index is 654. The van der Waals surface area contributed by atoms with Crippen LogP contribution < -0.4 is 0 Å². The average Bonchev–Trinajstić information content (AvgIpc) is 2.90. The number of halogens is 1. The van der Waals surface area contributed by atoms with Gasteiger partial charge in [-0.1, -0.05) is 43.1 Å². The average molecular weight is 337 g/mol. The van der Waals surface area contributed by atoms with Crippen molar-refractivity contribution in [2.24, 2.45) is 0 Å². The van der Waals surface area contributed by atoms with E-state index in [4.69, 9.17) is 11.6 Å². The van der Waals surface area contributed by atoms with Crippen LogP contribution in [0.1, 0.15) is 42.1 Å². The highest BCUT2D eigenvalue weighted by Gasteiger charge is 2.21. The Morgan fingerprint density at radius 2 is 2.05 bits per heavy atom. The molecule has 0 saturated carbocycles. The molecule has 2 rings (SSSR count). The molecule has 0 radical (unpaired) electrons. The van der Waals surface area contributed by atoms with Crippen LogP contribution >= 0.6 is 22.9 Å². The quantitative estimate of drug-likeness (QED) is 0.740. The number of aromatic nitrogens is 1. The molecule has 1 amide bonds. The summed E-state index contributed by atoms with van der Waals surface area (Å²) in [6.07, 6.45) is 2.10. The fraction of sp³-hybridized carbons (Fsp3) is 0.412. The molecule has 3 nitrogen and oxygen atoms in total. The molecule has 118 valence electrons. The molecular formula is C17H21ClN2OS. The van der Waals surface area contributed by atoms with Gasteiger partial charge in [0.1, 0.15) is 9.88 Å². The molecule has 1 aromatic heterocycles. The van der Waals surface area contributed by atoms with Gasteiger partial charge in [-0.3, -0.25) is 4.79 Å². The van der Waals surface area contributed by atoms with Gasteiger partial charge in [-0.05, 0) is 26.3 Å². The lowest BCUT2D eigenvalue weighted by Gasteiger charge is -2.19. The third-order valence-corrected chi connectivity index (χ3v) is 5.05. The van der Waals surface area contributed by atoms with Gasteiger partial charge in [0.15, 0.2) is 0 Å². The number of carbonyl (C=O) groups excluding carboxylic acids is 1. The molecule has 0 atom stereocenters. The largest absolute Gasteiger partial charge is 0.338 e. The van der Waals surface area contributed by atoms with Crippen LogP contribution in [0.15, 0.2) is 24.3 Å². The van der Waals surface area contributed by atoms with Crippen molar-refractivity contribution in [3.63, 3.8) is 0 Å². The Morgan fingerprint density at radius 1 is 1.32 bits per heavy atom. The van der Waals surface area contributed by atoms with E-state index in [1.54, 1.807) is 0 Å². The summed E-state index contributed by atoms with van der Waals surface area (Å²) in [6.45, 7) is 7.55. The van der Waals surface area contributed by atoms with Gasteiger partial charge in [0.05, 0.1) is 10.7 Å². The maximum Gasteiger partial charge on any atom is 0.265 e. The van der Waals surface area contributed by atoms with Crippen LogP contribution in [-0.2, 0) is 0 Å². The third-order valence-electron chi connectivity index (χ3n) is 3.55. The first-order valence-corrected chi connectivity index (χ1v) is 8.79. The van der Waals surface area contributed by atoms with Crippen LogP contribution in [0.25, 0.3) is 10.6 Å². The monoisotopic (exact) mass is 336 g/mol. The zero-order valence-corrected chi connectivity index (χ0v) is 14.8. The van der Waals surface area contributed by atoms with E-state index in [2.05, 4.69) is 11.9 Å². The molecule has 0 spiro atoms. The summed E-state index contributed by atoms with van der Waals surface area (Å²) in [5.41, 5.74) is 1.66. The van der Waals surface area contributed by atoms with Gasteiger partial charge in [0, 0.05) is 18.7 Å². The minimum absolute atomic E-state index is 0.0734. The zero-order valence-electron chi connectivity index (χ0n) is 13.2. The van der Waals surface area contributed by atoms with Crippen LogP contribution in [0.3, 0.4) is 0 Å². The predicted octanol–water partition coefficient (Wildman–Crippen LogP) is 5.03. The van der Waals surface area contributed by atoms with Crippen LogP contribution in [0.5, 0.6) is 0 Å². The van der Waals surface area contributed by atoms with Crippen molar-refractivity contribution in [3.8, 4) is 10.6 Å². The SMILES string of the molecule is CCCCN(CC)C(=O)c1sc(-c2ccccc2Cl)nc1C. The van der Waals surface area contributed by atoms with E-state index >= 15 is 0 Å². The number of aryl methyl sites for hydroxylation is 1. The van der Waals surface area contributed by atoms with Gasteiger partial charge in [-0.15, -0.1) is 11.3 Å². The Labute approximate surface area is 140 Å². The number of hydrogen-bond acceptors (Lipinski definition) is 3. The van der Waals surface area contributed by atoms with Crippen molar-refractivity contribution in [1.29, 1.82) is 0 Å². The van der Waals surface area contributed by atoms with E-state index in [9.17, 15) is 4.79 Å². The number of rotatable bonds is 6. The minimum atomic E-state index is 0.0734. The lowest BCUT2D eigenvalue weighted by molar-refractivity contribution is 0.0766. The molecular weight excluding hydrogens is 316 g/mol. The fourth-order valence-corrected chi connectivity index (χ4v) is 3.60. The Kier molecular flexibility index (Phi) is 5.98. The highest BCUT2D eigenvalue weighted by Crippen LogP contribution is 2.33. The molecule has 5 heteroatoms. The molecule has 0 unspecified atom stereocenters. The second-order valence-electron chi connectivity index (χ2n) is 5.15. The summed E-state index contributed by atoms with van der Waals surface area (Å²) in [5.74, 6) is 0.0734. The van der Waals surface area contributed by atoms with Crippen molar-refractivity contribution in [2.75, 3.05) is 13.1 Å². The number of hydrogen-bond donors (Lipinski definition) is 0. The van der Waals surface area contributed by atoms with E-state index in [1.807, 2.05) is 43.0 Å². The number of amides is 1. The number of unbranched alkanes of at least 4 members (excludes halogenated alkanes) is 1. The van der Waals surface area contributed by atoms with Gasteiger partial charge in [0.25, 0.3) is 5.91 Å². The topological polar surface area (TPSA) is 33.2 Å². The summed E-state index contributed by atoms with van der Waals surface area (Å²) >= 11 is 7.65. The molecule has 1 aromatic carbocycles. The van der Waals surface area contributed by atoms with Crippen LogP contribution in [0, 0.1) is 6.92 Å². The predicted molar refractivity (Wildman–Crippen MR) is 93.8 cm³/mol.